The summed E-state index contributed by atoms with van der Waals surface area (Å²) in [6.45, 7) is 1.71. The second-order valence-corrected chi connectivity index (χ2v) is 10.6. The first-order valence-electron chi connectivity index (χ1n) is 13.5. The van der Waals surface area contributed by atoms with Gasteiger partial charge in [-0.15, -0.1) is 0 Å². The lowest BCUT2D eigenvalue weighted by Gasteiger charge is -2.29. The number of hydroxylamine groups is 1. The standard InChI is InChI=1S/C32H24ClN3O8/c1-18-23(33)12-7-13-24(18)34-30(37)27-28(35(44-29(27)31(34)38)21-10-6-11-22(17-21)36(40)41)20-14-15-25(26(16-20)42-2)43-32(39)19-8-4-3-5-9-19/h3-17,27-29H,1-2H3/t27-,28+,29+/m0/s1. The Morgan fingerprint density at radius 1 is 0.932 bits per heavy atom. The molecular weight excluding hydrogens is 590 g/mol. The molecule has 0 radical (unpaired) electrons. The highest BCUT2D eigenvalue weighted by molar-refractivity contribution is 6.32. The van der Waals surface area contributed by atoms with Crippen molar-refractivity contribution in [1.82, 2.24) is 0 Å². The first kappa shape index (κ1) is 28.8. The van der Waals surface area contributed by atoms with Crippen molar-refractivity contribution in [3.8, 4) is 11.5 Å². The third-order valence-corrected chi connectivity index (χ3v) is 8.04. The van der Waals surface area contributed by atoms with Crippen molar-refractivity contribution >= 4 is 46.4 Å². The van der Waals surface area contributed by atoms with Crippen LogP contribution in [0.25, 0.3) is 0 Å². The molecule has 0 aliphatic carbocycles. The number of anilines is 2. The van der Waals surface area contributed by atoms with E-state index in [9.17, 15) is 24.5 Å². The zero-order valence-electron chi connectivity index (χ0n) is 23.4. The number of amides is 2. The van der Waals surface area contributed by atoms with Crippen molar-refractivity contribution in [2.24, 2.45) is 5.92 Å². The predicted molar refractivity (Wildman–Crippen MR) is 160 cm³/mol. The second-order valence-electron chi connectivity index (χ2n) is 10.2. The predicted octanol–water partition coefficient (Wildman–Crippen LogP) is 5.84. The number of nitro benzene ring substituents is 1. The smallest absolute Gasteiger partial charge is 0.343 e. The summed E-state index contributed by atoms with van der Waals surface area (Å²) in [4.78, 5) is 58.8. The van der Waals surface area contributed by atoms with Gasteiger partial charge in [-0.25, -0.2) is 14.8 Å². The van der Waals surface area contributed by atoms with Crippen LogP contribution in [-0.4, -0.2) is 35.9 Å². The Labute approximate surface area is 256 Å². The quantitative estimate of drug-likeness (QED) is 0.0830. The van der Waals surface area contributed by atoms with E-state index in [-0.39, 0.29) is 22.9 Å². The molecule has 3 atom stereocenters. The summed E-state index contributed by atoms with van der Waals surface area (Å²) < 4.78 is 11.1. The van der Waals surface area contributed by atoms with Gasteiger partial charge in [-0.3, -0.25) is 24.5 Å². The maximum atomic E-state index is 14.1. The number of rotatable bonds is 7. The number of benzene rings is 4. The molecule has 2 aliphatic rings. The summed E-state index contributed by atoms with van der Waals surface area (Å²) in [7, 11) is 1.40. The summed E-state index contributed by atoms with van der Waals surface area (Å²) in [5, 5.41) is 13.3. The second kappa shape index (κ2) is 11.4. The molecule has 0 unspecified atom stereocenters. The fourth-order valence-corrected chi connectivity index (χ4v) is 5.65. The van der Waals surface area contributed by atoms with Crippen LogP contribution in [0.4, 0.5) is 17.1 Å². The SMILES string of the molecule is COc1cc([C@@H]2[C@@H]3C(=O)N(c4cccc(Cl)c4C)C(=O)[C@@H]3ON2c2cccc([N+](=O)[O-])c2)ccc1OC(=O)c1ccccc1. The van der Waals surface area contributed by atoms with Gasteiger partial charge in [0.1, 0.15) is 5.92 Å². The number of non-ortho nitro benzene ring substituents is 1. The Morgan fingerprint density at radius 2 is 1.68 bits per heavy atom. The molecule has 2 fully saturated rings. The molecule has 2 aliphatic heterocycles. The van der Waals surface area contributed by atoms with Crippen molar-refractivity contribution < 1.29 is 33.6 Å². The van der Waals surface area contributed by atoms with Crippen LogP contribution in [0.5, 0.6) is 11.5 Å². The molecule has 222 valence electrons. The molecule has 11 nitrogen and oxygen atoms in total. The van der Waals surface area contributed by atoms with E-state index in [1.54, 1.807) is 73.7 Å². The van der Waals surface area contributed by atoms with Gasteiger partial charge in [-0.2, -0.15) is 0 Å². The molecular formula is C32H24ClN3O8. The Hall–Kier alpha value is -5.26. The number of methoxy groups -OCH3 is 1. The van der Waals surface area contributed by atoms with Crippen LogP contribution in [0.2, 0.25) is 5.02 Å². The van der Waals surface area contributed by atoms with Gasteiger partial charge < -0.3 is 9.47 Å². The van der Waals surface area contributed by atoms with Crippen LogP contribution in [0, 0.1) is 23.0 Å². The normalized spacial score (nSPS) is 19.2. The lowest BCUT2D eigenvalue weighted by molar-refractivity contribution is -0.384. The van der Waals surface area contributed by atoms with Crippen LogP contribution in [0.3, 0.4) is 0 Å². The van der Waals surface area contributed by atoms with E-state index in [2.05, 4.69) is 0 Å². The number of esters is 1. The maximum absolute atomic E-state index is 14.1. The number of imide groups is 1. The Bertz CT molecular complexity index is 1810. The zero-order valence-corrected chi connectivity index (χ0v) is 24.1. The largest absolute Gasteiger partial charge is 0.493 e. The molecule has 0 aromatic heterocycles. The van der Waals surface area contributed by atoms with Gasteiger partial charge in [0.05, 0.1) is 35.0 Å². The summed E-state index contributed by atoms with van der Waals surface area (Å²) in [6.07, 6.45) is -1.23. The minimum atomic E-state index is -1.23. The Morgan fingerprint density at radius 3 is 2.41 bits per heavy atom. The molecule has 2 saturated heterocycles. The van der Waals surface area contributed by atoms with Crippen molar-refractivity contribution in [2.45, 2.75) is 19.1 Å². The van der Waals surface area contributed by atoms with Gasteiger partial charge in [0.25, 0.3) is 11.6 Å². The summed E-state index contributed by atoms with van der Waals surface area (Å²) in [5.41, 5.74) is 1.78. The van der Waals surface area contributed by atoms with Crippen LogP contribution < -0.4 is 19.4 Å². The number of halogens is 1. The number of ether oxygens (including phenoxy) is 2. The van der Waals surface area contributed by atoms with Crippen LogP contribution >= 0.6 is 11.6 Å². The van der Waals surface area contributed by atoms with Gasteiger partial charge in [0.15, 0.2) is 17.6 Å². The molecule has 0 spiro atoms. The van der Waals surface area contributed by atoms with E-state index in [4.69, 9.17) is 25.9 Å². The third kappa shape index (κ3) is 4.91. The van der Waals surface area contributed by atoms with Crippen LogP contribution in [-0.2, 0) is 14.4 Å². The Kier molecular flexibility index (Phi) is 7.50. The molecule has 12 heteroatoms. The highest BCUT2D eigenvalue weighted by atomic mass is 35.5. The van der Waals surface area contributed by atoms with Gasteiger partial charge in [-0.05, 0) is 60.5 Å². The number of hydrogen-bond acceptors (Lipinski definition) is 9. The maximum Gasteiger partial charge on any atom is 0.343 e. The number of nitro groups is 1. The molecule has 0 saturated carbocycles. The van der Waals surface area contributed by atoms with Crippen molar-refractivity contribution in [1.29, 1.82) is 0 Å². The molecule has 0 bridgehead atoms. The van der Waals surface area contributed by atoms with Crippen molar-refractivity contribution in [2.75, 3.05) is 17.1 Å². The summed E-state index contributed by atoms with van der Waals surface area (Å²) in [5.74, 6) is -2.43. The molecule has 4 aromatic carbocycles. The third-order valence-electron chi connectivity index (χ3n) is 7.63. The number of fused-ring (bicyclic) bond motifs is 1. The van der Waals surface area contributed by atoms with Gasteiger partial charge in [0, 0.05) is 17.2 Å². The highest BCUT2D eigenvalue weighted by Crippen LogP contribution is 2.49. The Balaban J connectivity index is 1.42. The minimum Gasteiger partial charge on any atom is -0.493 e. The first-order chi connectivity index (χ1) is 21.2. The number of hydrogen-bond donors (Lipinski definition) is 0. The van der Waals surface area contributed by atoms with E-state index in [1.165, 1.54) is 36.4 Å². The van der Waals surface area contributed by atoms with E-state index in [0.717, 1.165) is 4.90 Å². The minimum absolute atomic E-state index is 0.132. The van der Waals surface area contributed by atoms with Crippen LogP contribution in [0.15, 0.2) is 91.0 Å². The monoisotopic (exact) mass is 613 g/mol. The van der Waals surface area contributed by atoms with E-state index >= 15 is 0 Å². The van der Waals surface area contributed by atoms with E-state index < -0.39 is 40.8 Å². The number of carbonyl (C=O) groups excluding carboxylic acids is 3. The fraction of sp³-hybridized carbons (Fsp3) is 0.156. The molecule has 6 rings (SSSR count). The van der Waals surface area contributed by atoms with E-state index in [1.807, 2.05) is 0 Å². The first-order valence-corrected chi connectivity index (χ1v) is 13.9. The zero-order chi connectivity index (χ0) is 31.1. The van der Waals surface area contributed by atoms with Gasteiger partial charge in [0.2, 0.25) is 5.91 Å². The van der Waals surface area contributed by atoms with Crippen LogP contribution in [0.1, 0.15) is 27.5 Å². The number of nitrogens with zero attached hydrogens (tertiary/aromatic N) is 3. The molecule has 4 aromatic rings. The molecule has 44 heavy (non-hydrogen) atoms. The highest BCUT2D eigenvalue weighted by Gasteiger charge is 2.60. The average Bonchev–Trinajstić information content (AvgIpc) is 3.54. The lowest BCUT2D eigenvalue weighted by Crippen LogP contribution is -2.37. The van der Waals surface area contributed by atoms with Crippen molar-refractivity contribution in [3.63, 3.8) is 0 Å². The summed E-state index contributed by atoms with van der Waals surface area (Å²) in [6, 6.07) is 22.9. The molecule has 2 amide bonds. The van der Waals surface area contributed by atoms with Gasteiger partial charge in [-0.1, -0.05) is 48.0 Å². The van der Waals surface area contributed by atoms with Gasteiger partial charge >= 0.3 is 5.97 Å². The van der Waals surface area contributed by atoms with Crippen molar-refractivity contribution in [3.05, 3.63) is 123 Å². The molecule has 2 heterocycles. The fourth-order valence-electron chi connectivity index (χ4n) is 5.48. The topological polar surface area (TPSA) is 129 Å². The average molecular weight is 614 g/mol. The molecule has 0 N–H and O–H groups in total. The van der Waals surface area contributed by atoms with E-state index in [0.29, 0.717) is 27.4 Å². The number of carbonyl (C=O) groups is 3. The lowest BCUT2D eigenvalue weighted by atomic mass is 9.90. The summed E-state index contributed by atoms with van der Waals surface area (Å²) >= 11 is 6.31.